The lowest BCUT2D eigenvalue weighted by Gasteiger charge is -2.28. The number of benzene rings is 12. The van der Waals surface area contributed by atoms with Crippen molar-refractivity contribution < 1.29 is 55.9 Å². The number of aryl methyl sites for hydroxylation is 1. The highest BCUT2D eigenvalue weighted by atomic mass is 79.9. The molecule has 6 aromatic heterocycles. The summed E-state index contributed by atoms with van der Waals surface area (Å²) in [5.74, 6) is 2.34. The van der Waals surface area contributed by atoms with Crippen LogP contribution >= 0.6 is 62.3 Å². The summed E-state index contributed by atoms with van der Waals surface area (Å²) in [6, 6.07) is 99.1. The Balaban J connectivity index is 0.000000112. The zero-order valence-corrected chi connectivity index (χ0v) is 85.2. The summed E-state index contributed by atoms with van der Waals surface area (Å²) in [5, 5.41) is 34.3. The second-order valence-corrected chi connectivity index (χ2v) is 39.1. The van der Waals surface area contributed by atoms with E-state index in [2.05, 4.69) is 89.3 Å². The van der Waals surface area contributed by atoms with Gasteiger partial charge in [0.25, 0.3) is 35.4 Å². The van der Waals surface area contributed by atoms with E-state index in [-0.39, 0.29) is 59.5 Å². The highest BCUT2D eigenvalue weighted by molar-refractivity contribution is 9.10. The Morgan fingerprint density at radius 2 is 0.671 bits per heavy atom. The second kappa shape index (κ2) is 47.1. The van der Waals surface area contributed by atoms with Crippen molar-refractivity contribution in [3.8, 4) is 74.0 Å². The van der Waals surface area contributed by atoms with Crippen LogP contribution in [-0.4, -0.2) is 141 Å². The van der Waals surface area contributed by atoms with Crippen LogP contribution in [0.5, 0.6) is 0 Å². The van der Waals surface area contributed by atoms with E-state index in [0.717, 1.165) is 95.0 Å². The van der Waals surface area contributed by atoms with Crippen LogP contribution in [0.4, 0.5) is 0 Å². The van der Waals surface area contributed by atoms with E-state index in [0.29, 0.717) is 163 Å². The number of fused-ring (bicyclic) bond motifs is 3. The summed E-state index contributed by atoms with van der Waals surface area (Å²) >= 11 is 28.1. The zero-order chi connectivity index (χ0) is 103. The Morgan fingerprint density at radius 3 is 1.09 bits per heavy atom. The van der Waals surface area contributed by atoms with Gasteiger partial charge in [-0.25, -0.2) is 0 Å². The predicted octanol–water partition coefficient (Wildman–Crippen LogP) is 25.7. The fourth-order valence-electron chi connectivity index (χ4n) is 19.4. The van der Waals surface area contributed by atoms with Crippen LogP contribution in [0.3, 0.4) is 0 Å². The van der Waals surface area contributed by atoms with Gasteiger partial charge in [-0.3, -0.25) is 28.8 Å². The molecule has 0 radical (unpaired) electrons. The van der Waals surface area contributed by atoms with Gasteiger partial charge < -0.3 is 62.3 Å². The molecule has 4 atom stereocenters. The van der Waals surface area contributed by atoms with E-state index >= 15 is 0 Å². The van der Waals surface area contributed by atoms with E-state index in [9.17, 15) is 28.8 Å². The summed E-state index contributed by atoms with van der Waals surface area (Å²) in [7, 11) is 0. The molecule has 12 aromatic carbocycles. The van der Waals surface area contributed by atoms with Crippen molar-refractivity contribution in [3.05, 3.63) is 460 Å². The number of hydrogen-bond donors (Lipinski definition) is 1. The Morgan fingerprint density at radius 1 is 0.342 bits per heavy atom. The Bertz CT molecular complexity index is 7670. The molecule has 26 nitrogen and oxygen atoms in total. The first-order chi connectivity index (χ1) is 72.7. The monoisotopic (exact) mass is 2120 g/mol. The van der Waals surface area contributed by atoms with Crippen LogP contribution in [0.2, 0.25) is 20.1 Å². The number of halogens is 5. The maximum absolute atomic E-state index is 13.2. The standard InChI is InChI=1S/C21H17N3O2.C20H17BrN2O2.C20H18ClN3O2.C20H17ClN2O2.C19H15ClN2O2.C18H13ClN2O2/c1-14-2-5-17(6-3-14)20-19(12-23-26-20)21(25)24-9-8-16-7-4-15(11-22)10-18(16)13-24;21-16-10-8-15(9-11-16)19-17(13-22-25-19)20(24)23-12-4-7-18(23)14-5-2-1-3-6-14;21-17-9-5-4-8-14(17)19-15(10-23-26-19)20(25)24-11-16(18(22)12-24)13-6-2-1-3-7-13;21-16-10-8-15(9-11-16)19-17(13-22-25-19)20(24)23-12-4-7-18(23)14-5-2-1-3-6-14;20-17-8-4-3-7-15(17)18-16(11-21-24-18)19(23)22-10-9-13-5-1-2-6-14(13)12-22;19-16-8-4-3-7-14(16)17-15(9-20-23-17)18(22)21-10-12-5-1-2-6-13(12)11-21/h2-7,10,12H,8-9,13H2,1H3;1-3,5-6,8-11,13,18H,4,7,12H2;1-10,16,18H,11-12,22H2;1-3,5-6,8-11,13,18H,4,7,12H2;1-8,11H,9-10,12H2;1-9H,10-11H2/t;;16-,18+;;;/m..0.../s1. The number of carbonyl (C=O) groups is 6. The summed E-state index contributed by atoms with van der Waals surface area (Å²) in [4.78, 5) is 89.3. The molecule has 2 N–H and O–H groups in total. The normalized spacial score (nSPS) is 15.7. The van der Waals surface area contributed by atoms with Crippen LogP contribution in [-0.2, 0) is 39.0 Å². The van der Waals surface area contributed by atoms with Crippen molar-refractivity contribution in [2.45, 2.75) is 95.7 Å². The first kappa shape index (κ1) is 101. The summed E-state index contributed by atoms with van der Waals surface area (Å²) in [6.45, 7) is 8.17. The lowest BCUT2D eigenvalue weighted by Crippen LogP contribution is -2.36. The Hall–Kier alpha value is -16.2. The molecule has 18 aromatic rings. The molecule has 12 heterocycles. The minimum Gasteiger partial charge on any atom is -0.355 e. The zero-order valence-electron chi connectivity index (χ0n) is 80.6. The quantitative estimate of drug-likeness (QED) is 0.0996. The molecule has 31 heteroatoms. The number of nitrogens with two attached hydrogens (primary N) is 1. The van der Waals surface area contributed by atoms with Crippen LogP contribution in [0.25, 0.3) is 67.9 Å². The van der Waals surface area contributed by atoms with Crippen molar-refractivity contribution in [2.24, 2.45) is 5.73 Å². The maximum atomic E-state index is 13.2. The first-order valence-electron chi connectivity index (χ1n) is 48.6. The number of aromatic nitrogens is 6. The fraction of sp³-hybridized carbons (Fsp3) is 0.178. The number of nitrogens with zero attached hydrogens (tertiary/aromatic N) is 13. The summed E-state index contributed by atoms with van der Waals surface area (Å²) < 4.78 is 33.1. The highest BCUT2D eigenvalue weighted by Gasteiger charge is 2.40. The summed E-state index contributed by atoms with van der Waals surface area (Å²) in [6.07, 6.45) is 14.5. The fourth-order valence-corrected chi connectivity index (χ4v) is 20.5. The molecule has 0 spiro atoms. The molecule has 3 saturated heterocycles. The maximum Gasteiger partial charge on any atom is 0.260 e. The topological polar surface area (TPSA) is 328 Å². The molecule has 2 unspecified atom stereocenters. The van der Waals surface area contributed by atoms with Crippen LogP contribution in [0.1, 0.15) is 167 Å². The molecule has 6 aliphatic rings. The van der Waals surface area contributed by atoms with Crippen molar-refractivity contribution in [2.75, 3.05) is 39.3 Å². The molecular weight excluding hydrogens is 2030 g/mol. The second-order valence-electron chi connectivity index (χ2n) is 36.5. The van der Waals surface area contributed by atoms with Gasteiger partial charge in [-0.2, -0.15) is 5.26 Å². The van der Waals surface area contributed by atoms with Crippen molar-refractivity contribution in [1.29, 1.82) is 5.26 Å². The third-order valence-electron chi connectivity index (χ3n) is 27.1. The molecule has 24 rings (SSSR count). The van der Waals surface area contributed by atoms with Crippen LogP contribution < -0.4 is 5.73 Å². The molecule has 0 bridgehead atoms. The molecule has 149 heavy (non-hydrogen) atoms. The van der Waals surface area contributed by atoms with Crippen LogP contribution in [0, 0.1) is 18.3 Å². The molecule has 6 aliphatic heterocycles. The molecule has 6 amide bonds. The van der Waals surface area contributed by atoms with Crippen molar-refractivity contribution >= 4 is 97.8 Å². The Kier molecular flexibility index (Phi) is 32.1. The average molecular weight is 2120 g/mol. The van der Waals surface area contributed by atoms with E-state index in [4.69, 9.17) is 84.5 Å². The van der Waals surface area contributed by atoms with Gasteiger partial charge >= 0.3 is 0 Å². The van der Waals surface area contributed by atoms with Crippen LogP contribution in [0.15, 0.2) is 372 Å². The minimum atomic E-state index is -0.143. The van der Waals surface area contributed by atoms with Gasteiger partial charge in [0.05, 0.1) is 76.0 Å². The van der Waals surface area contributed by atoms with Gasteiger partial charge in [0.15, 0.2) is 34.6 Å². The smallest absolute Gasteiger partial charge is 0.260 e. The molecule has 3 fully saturated rings. The first-order valence-corrected chi connectivity index (χ1v) is 50.9. The minimum absolute atomic E-state index is 0.0227. The third kappa shape index (κ3) is 23.1. The van der Waals surface area contributed by atoms with Gasteiger partial charge in [-0.1, -0.05) is 305 Å². The lowest BCUT2D eigenvalue weighted by molar-refractivity contribution is 0.0727. The van der Waals surface area contributed by atoms with E-state index in [1.165, 1.54) is 70.6 Å². The predicted molar refractivity (Wildman–Crippen MR) is 571 cm³/mol. The molecule has 746 valence electrons. The number of hydrogen-bond acceptors (Lipinski definition) is 20. The number of likely N-dealkylation sites (tertiary alicyclic amines) is 3. The highest BCUT2D eigenvalue weighted by Crippen LogP contribution is 2.42. The number of carbonyl (C=O) groups excluding carboxylic acids is 6. The lowest BCUT2D eigenvalue weighted by atomic mass is 9.95. The van der Waals surface area contributed by atoms with E-state index in [1.54, 1.807) is 45.0 Å². The SMILES string of the molecule is Cc1ccc(-c2oncc2C(=O)N2CCc3ccc(C#N)cc3C2)cc1.N[C@@H]1CN(C(=O)c2cnoc2-c2ccccc2Cl)C[C@H]1c1ccccc1.O=C(c1cnoc1-c1ccc(Br)cc1)N1CCCC1c1ccccc1.O=C(c1cnoc1-c1ccc(Cl)cc1)N1CCCC1c1ccccc1.O=C(c1cnoc1-c1ccccc1Cl)N1CCc2ccccc2C1.O=C(c1cnoc1-c1ccccc1Cl)N1Cc2ccccc2C1. The number of amides is 6. The van der Waals surface area contributed by atoms with Crippen molar-refractivity contribution in [3.63, 3.8) is 0 Å². The van der Waals surface area contributed by atoms with E-state index < -0.39 is 0 Å². The Labute approximate surface area is 887 Å². The van der Waals surface area contributed by atoms with E-state index in [1.807, 2.05) is 258 Å². The van der Waals surface area contributed by atoms with Gasteiger partial charge in [0.2, 0.25) is 0 Å². The van der Waals surface area contributed by atoms with Gasteiger partial charge in [-0.15, -0.1) is 0 Å². The molecule has 0 aliphatic carbocycles. The van der Waals surface area contributed by atoms with Crippen molar-refractivity contribution in [1.82, 2.24) is 60.3 Å². The summed E-state index contributed by atoms with van der Waals surface area (Å²) in [5.41, 5.74) is 25.9. The largest absolute Gasteiger partial charge is 0.355 e. The van der Waals surface area contributed by atoms with Gasteiger partial charge in [0.1, 0.15) is 33.4 Å². The number of rotatable bonds is 15. The molecular formula is C118H97BrCl4N14O12. The molecule has 0 saturated carbocycles. The average Bonchev–Trinajstić information content (AvgIpc) is 1.64. The van der Waals surface area contributed by atoms with Gasteiger partial charge in [-0.05, 0) is 193 Å². The van der Waals surface area contributed by atoms with Gasteiger partial charge in [0, 0.05) is 120 Å². The number of nitriles is 1. The third-order valence-corrected chi connectivity index (χ3v) is 28.9.